The summed E-state index contributed by atoms with van der Waals surface area (Å²) >= 11 is 1.65. The van der Waals surface area contributed by atoms with Crippen LogP contribution in [0.1, 0.15) is 12.7 Å². The molecular weight excluding hydrogens is 210 g/mol. The molecule has 1 aromatic rings. The molecule has 4 nitrogen and oxygen atoms in total. The van der Waals surface area contributed by atoms with Crippen LogP contribution >= 0.6 is 11.8 Å². The molecule has 0 aliphatic rings. The van der Waals surface area contributed by atoms with Gasteiger partial charge >= 0.3 is 0 Å². The van der Waals surface area contributed by atoms with E-state index in [-0.39, 0.29) is 17.9 Å². The Morgan fingerprint density at radius 1 is 1.60 bits per heavy atom. The Labute approximate surface area is 94.5 Å². The molecule has 0 saturated carbocycles. The van der Waals surface area contributed by atoms with Gasteiger partial charge in [0, 0.05) is 17.5 Å². The van der Waals surface area contributed by atoms with E-state index in [0.29, 0.717) is 0 Å². The molecule has 5 heteroatoms. The molecule has 0 amide bonds. The van der Waals surface area contributed by atoms with E-state index < -0.39 is 0 Å². The number of rotatable bonds is 5. The molecule has 0 aliphatic heterocycles. The Morgan fingerprint density at radius 3 is 2.87 bits per heavy atom. The quantitative estimate of drug-likeness (QED) is 0.794. The van der Waals surface area contributed by atoms with E-state index >= 15 is 0 Å². The first-order valence-electron chi connectivity index (χ1n) is 4.87. The highest BCUT2D eigenvalue weighted by Gasteiger charge is 2.15. The summed E-state index contributed by atoms with van der Waals surface area (Å²) in [6, 6.07) is 2.01. The first-order chi connectivity index (χ1) is 7.17. The van der Waals surface area contributed by atoms with Gasteiger partial charge in [-0.25, -0.2) is 9.97 Å². The van der Waals surface area contributed by atoms with Crippen LogP contribution in [0.15, 0.2) is 12.3 Å². The highest BCUT2D eigenvalue weighted by Crippen LogP contribution is 2.14. The maximum Gasteiger partial charge on any atom is 0.129 e. The van der Waals surface area contributed by atoms with E-state index in [1.165, 1.54) is 0 Å². The van der Waals surface area contributed by atoms with Gasteiger partial charge in [-0.15, -0.1) is 0 Å². The molecule has 1 rings (SSSR count). The van der Waals surface area contributed by atoms with Gasteiger partial charge in [-0.3, -0.25) is 0 Å². The molecule has 1 heterocycles. The molecule has 1 aromatic heterocycles. The minimum atomic E-state index is 0.166. The van der Waals surface area contributed by atoms with Crippen LogP contribution in [0.5, 0.6) is 0 Å². The summed E-state index contributed by atoms with van der Waals surface area (Å²) in [6.07, 6.45) is 3.72. The lowest BCUT2D eigenvalue weighted by Crippen LogP contribution is -2.31. The molecular formula is C10H17N3OS. The monoisotopic (exact) mass is 227 g/mol. The lowest BCUT2D eigenvalue weighted by molar-refractivity contribution is 0.288. The fourth-order valence-electron chi connectivity index (χ4n) is 1.30. The number of aliphatic hydroxyl groups is 1. The van der Waals surface area contributed by atoms with E-state index in [2.05, 4.69) is 15.3 Å². The van der Waals surface area contributed by atoms with Crippen molar-refractivity contribution in [2.45, 2.75) is 25.1 Å². The molecule has 84 valence electrons. The normalized spacial score (nSPS) is 14.7. The van der Waals surface area contributed by atoms with Crippen molar-refractivity contribution < 1.29 is 5.11 Å². The molecule has 2 N–H and O–H groups in total. The van der Waals surface area contributed by atoms with Crippen LogP contribution in [0.2, 0.25) is 0 Å². The van der Waals surface area contributed by atoms with Crippen LogP contribution in [0.3, 0.4) is 0 Å². The van der Waals surface area contributed by atoms with Crippen LogP contribution in [0, 0.1) is 6.92 Å². The molecule has 0 aromatic carbocycles. The van der Waals surface area contributed by atoms with Crippen LogP contribution in [0.4, 0.5) is 5.82 Å². The van der Waals surface area contributed by atoms with Crippen LogP contribution in [0.25, 0.3) is 0 Å². The van der Waals surface area contributed by atoms with Gasteiger partial charge in [0.15, 0.2) is 0 Å². The Morgan fingerprint density at radius 2 is 2.33 bits per heavy atom. The number of hydrogen-bond donors (Lipinski definition) is 2. The predicted molar refractivity (Wildman–Crippen MR) is 64.2 cm³/mol. The molecule has 0 saturated heterocycles. The minimum absolute atomic E-state index is 0.166. The second-order valence-electron chi connectivity index (χ2n) is 3.38. The zero-order chi connectivity index (χ0) is 11.3. The maximum atomic E-state index is 9.14. The SMILES string of the molecule is CSC(CO)C(C)Nc1ccnc(C)n1. The highest BCUT2D eigenvalue weighted by molar-refractivity contribution is 7.99. The Bertz CT molecular complexity index is 304. The second-order valence-corrected chi connectivity index (χ2v) is 4.46. The van der Waals surface area contributed by atoms with Gasteiger partial charge in [0.25, 0.3) is 0 Å². The van der Waals surface area contributed by atoms with Crippen molar-refractivity contribution >= 4 is 17.6 Å². The lowest BCUT2D eigenvalue weighted by atomic mass is 10.2. The van der Waals surface area contributed by atoms with E-state index in [0.717, 1.165) is 11.6 Å². The standard InChI is InChI=1S/C10H17N3OS/c1-7(9(6-14)15-3)12-10-4-5-11-8(2)13-10/h4-5,7,9,14H,6H2,1-3H3,(H,11,12,13). The van der Waals surface area contributed by atoms with Crippen molar-refractivity contribution in [3.05, 3.63) is 18.1 Å². The van der Waals surface area contributed by atoms with Gasteiger partial charge in [0.05, 0.1) is 6.61 Å². The van der Waals surface area contributed by atoms with Gasteiger partial charge in [-0.1, -0.05) is 0 Å². The maximum absolute atomic E-state index is 9.14. The number of aryl methyl sites for hydroxylation is 1. The highest BCUT2D eigenvalue weighted by atomic mass is 32.2. The van der Waals surface area contributed by atoms with Gasteiger partial charge in [-0.05, 0) is 26.2 Å². The summed E-state index contributed by atoms with van der Waals surface area (Å²) in [4.78, 5) is 8.28. The van der Waals surface area contributed by atoms with E-state index in [9.17, 15) is 0 Å². The summed E-state index contributed by atoms with van der Waals surface area (Å²) < 4.78 is 0. The molecule has 15 heavy (non-hydrogen) atoms. The van der Waals surface area contributed by atoms with E-state index in [1.54, 1.807) is 18.0 Å². The summed E-state index contributed by atoms with van der Waals surface area (Å²) in [5, 5.41) is 12.6. The molecule has 0 fully saturated rings. The number of aromatic nitrogens is 2. The summed E-state index contributed by atoms with van der Waals surface area (Å²) in [6.45, 7) is 4.06. The zero-order valence-corrected chi connectivity index (χ0v) is 10.1. The third-order valence-corrected chi connectivity index (χ3v) is 3.35. The minimum Gasteiger partial charge on any atom is -0.395 e. The van der Waals surface area contributed by atoms with Gasteiger partial charge in [-0.2, -0.15) is 11.8 Å². The Kier molecular flexibility index (Phi) is 4.84. The number of nitrogens with one attached hydrogen (secondary N) is 1. The van der Waals surface area contributed by atoms with Gasteiger partial charge in [0.1, 0.15) is 11.6 Å². The van der Waals surface area contributed by atoms with E-state index in [1.807, 2.05) is 26.2 Å². The predicted octanol–water partition coefficient (Wildman–Crippen LogP) is 1.31. The fraction of sp³-hybridized carbons (Fsp3) is 0.600. The van der Waals surface area contributed by atoms with Crippen molar-refractivity contribution in [2.75, 3.05) is 18.2 Å². The number of nitrogens with zero attached hydrogens (tertiary/aromatic N) is 2. The van der Waals surface area contributed by atoms with Crippen molar-refractivity contribution in [1.29, 1.82) is 0 Å². The Hall–Kier alpha value is -0.810. The fourth-order valence-corrected chi connectivity index (χ4v) is 1.92. The van der Waals surface area contributed by atoms with E-state index in [4.69, 9.17) is 5.11 Å². The van der Waals surface area contributed by atoms with Gasteiger partial charge in [0.2, 0.25) is 0 Å². The van der Waals surface area contributed by atoms with Crippen LogP contribution < -0.4 is 5.32 Å². The smallest absolute Gasteiger partial charge is 0.129 e. The lowest BCUT2D eigenvalue weighted by Gasteiger charge is -2.21. The first kappa shape index (κ1) is 12.3. The average Bonchev–Trinajstić information content (AvgIpc) is 2.19. The second kappa shape index (κ2) is 5.92. The molecule has 0 aliphatic carbocycles. The first-order valence-corrected chi connectivity index (χ1v) is 6.16. The van der Waals surface area contributed by atoms with Crippen molar-refractivity contribution in [1.82, 2.24) is 9.97 Å². The third-order valence-electron chi connectivity index (χ3n) is 2.19. The summed E-state index contributed by atoms with van der Waals surface area (Å²) in [7, 11) is 0. The van der Waals surface area contributed by atoms with Crippen LogP contribution in [-0.4, -0.2) is 39.2 Å². The number of hydrogen-bond acceptors (Lipinski definition) is 5. The van der Waals surface area contributed by atoms with Crippen molar-refractivity contribution in [2.24, 2.45) is 0 Å². The van der Waals surface area contributed by atoms with Crippen molar-refractivity contribution in [3.8, 4) is 0 Å². The summed E-state index contributed by atoms with van der Waals surface area (Å²) in [5.74, 6) is 1.56. The topological polar surface area (TPSA) is 58.0 Å². The van der Waals surface area contributed by atoms with Gasteiger partial charge < -0.3 is 10.4 Å². The van der Waals surface area contributed by atoms with Crippen LogP contribution in [-0.2, 0) is 0 Å². The molecule has 0 spiro atoms. The molecule has 2 unspecified atom stereocenters. The largest absolute Gasteiger partial charge is 0.395 e. The zero-order valence-electron chi connectivity index (χ0n) is 9.27. The number of aliphatic hydroxyl groups excluding tert-OH is 1. The molecule has 0 radical (unpaired) electrons. The third kappa shape index (κ3) is 3.68. The number of thioether (sulfide) groups is 1. The number of anilines is 1. The average molecular weight is 227 g/mol. The van der Waals surface area contributed by atoms with Crippen molar-refractivity contribution in [3.63, 3.8) is 0 Å². The summed E-state index contributed by atoms with van der Waals surface area (Å²) in [5.41, 5.74) is 0. The molecule has 0 bridgehead atoms. The molecule has 2 atom stereocenters. The Balaban J connectivity index is 2.61.